The van der Waals surface area contributed by atoms with Gasteiger partial charge in [-0.05, 0) is 64.4 Å². The Hall–Kier alpha value is -1.43. The molecule has 1 aromatic rings. The fourth-order valence-corrected chi connectivity index (χ4v) is 4.08. The van der Waals surface area contributed by atoms with Crippen molar-refractivity contribution >= 4 is 23.3 Å². The lowest BCUT2D eigenvalue weighted by atomic mass is 9.94. The largest absolute Gasteiger partial charge is 0.354 e. The van der Waals surface area contributed by atoms with Gasteiger partial charge < -0.3 is 15.5 Å². The highest BCUT2D eigenvalue weighted by atomic mass is 35.5. The zero-order valence-corrected chi connectivity index (χ0v) is 17.9. The summed E-state index contributed by atoms with van der Waals surface area (Å²) in [5.41, 5.74) is 0.900. The normalized spacial score (nSPS) is 17.1. The van der Waals surface area contributed by atoms with Crippen LogP contribution < -0.4 is 10.6 Å². The molecule has 2 unspecified atom stereocenters. The Bertz CT molecular complexity index is 632. The first-order valence-corrected chi connectivity index (χ1v) is 10.8. The molecule has 0 aliphatic carbocycles. The molecule has 0 radical (unpaired) electrons. The van der Waals surface area contributed by atoms with Gasteiger partial charge in [0.25, 0.3) is 0 Å². The van der Waals surface area contributed by atoms with E-state index in [0.717, 1.165) is 31.6 Å². The molecule has 5 nitrogen and oxygen atoms in total. The summed E-state index contributed by atoms with van der Waals surface area (Å²) in [6.45, 7) is 7.90. The number of Topliss-reactive ketones (excluding diaryl/α,β-unsaturated/α-hetero) is 1. The highest BCUT2D eigenvalue weighted by molar-refractivity contribution is 6.31. The summed E-state index contributed by atoms with van der Waals surface area (Å²) in [7, 11) is 0. The minimum Gasteiger partial charge on any atom is -0.354 e. The number of nitrogens with one attached hydrogen (secondary N) is 2. The zero-order chi connectivity index (χ0) is 20.4. The molecular weight excluding hydrogens is 374 g/mol. The van der Waals surface area contributed by atoms with E-state index in [-0.39, 0.29) is 23.7 Å². The predicted molar refractivity (Wildman–Crippen MR) is 115 cm³/mol. The number of hydrogen-bond acceptors (Lipinski definition) is 4. The Morgan fingerprint density at radius 3 is 2.54 bits per heavy atom. The Labute approximate surface area is 174 Å². The van der Waals surface area contributed by atoms with Crippen molar-refractivity contribution in [3.63, 3.8) is 0 Å². The number of rotatable bonds is 11. The van der Waals surface area contributed by atoms with Gasteiger partial charge in [-0.15, -0.1) is 0 Å². The molecule has 1 fully saturated rings. The second-order valence-electron chi connectivity index (χ2n) is 7.82. The molecule has 0 spiro atoms. The van der Waals surface area contributed by atoms with Crippen LogP contribution in [0.15, 0.2) is 24.3 Å². The van der Waals surface area contributed by atoms with Crippen LogP contribution >= 0.6 is 11.6 Å². The van der Waals surface area contributed by atoms with Crippen LogP contribution in [-0.2, 0) is 9.59 Å². The van der Waals surface area contributed by atoms with Gasteiger partial charge in [0.05, 0.1) is 5.92 Å². The number of nitrogens with zero attached hydrogens (tertiary/aromatic N) is 1. The van der Waals surface area contributed by atoms with Crippen molar-refractivity contribution in [3.05, 3.63) is 34.9 Å². The molecule has 1 aromatic carbocycles. The summed E-state index contributed by atoms with van der Waals surface area (Å²) in [5.74, 6) is -0.0584. The fraction of sp³-hybridized carbons (Fsp3) is 0.636. The fourth-order valence-electron chi connectivity index (χ4n) is 3.81. The van der Waals surface area contributed by atoms with E-state index in [4.69, 9.17) is 11.6 Å². The summed E-state index contributed by atoms with van der Waals surface area (Å²) >= 11 is 6.40. The van der Waals surface area contributed by atoms with Crippen LogP contribution in [0, 0.1) is 0 Å². The van der Waals surface area contributed by atoms with Crippen LogP contribution in [0.4, 0.5) is 0 Å². The Morgan fingerprint density at radius 2 is 1.86 bits per heavy atom. The predicted octanol–water partition coefficient (Wildman–Crippen LogP) is 3.37. The molecule has 1 aliphatic heterocycles. The third-order valence-corrected chi connectivity index (χ3v) is 5.63. The maximum atomic E-state index is 12.9. The van der Waals surface area contributed by atoms with Crippen molar-refractivity contribution in [1.29, 1.82) is 0 Å². The summed E-state index contributed by atoms with van der Waals surface area (Å²) < 4.78 is 0. The second-order valence-corrected chi connectivity index (χ2v) is 8.22. The molecule has 2 atom stereocenters. The maximum absolute atomic E-state index is 12.9. The van der Waals surface area contributed by atoms with Crippen molar-refractivity contribution in [2.45, 2.75) is 57.9 Å². The summed E-state index contributed by atoms with van der Waals surface area (Å²) in [6.07, 6.45) is 5.07. The van der Waals surface area contributed by atoms with Gasteiger partial charge in [-0.1, -0.05) is 36.2 Å². The van der Waals surface area contributed by atoms with Gasteiger partial charge in [0.1, 0.15) is 5.78 Å². The van der Waals surface area contributed by atoms with Crippen LogP contribution in [0.5, 0.6) is 0 Å². The minimum absolute atomic E-state index is 0.0196. The van der Waals surface area contributed by atoms with Gasteiger partial charge in [-0.25, -0.2) is 0 Å². The molecule has 1 heterocycles. The van der Waals surface area contributed by atoms with Crippen LogP contribution in [0.3, 0.4) is 0 Å². The third kappa shape index (κ3) is 7.90. The molecule has 1 amide bonds. The summed E-state index contributed by atoms with van der Waals surface area (Å²) in [5, 5.41) is 6.96. The number of amides is 1. The molecular formula is C22H34ClN3O2. The molecule has 2 N–H and O–H groups in total. The van der Waals surface area contributed by atoms with Crippen molar-refractivity contribution in [1.82, 2.24) is 15.5 Å². The first kappa shape index (κ1) is 22.9. The highest BCUT2D eigenvalue weighted by Gasteiger charge is 2.24. The van der Waals surface area contributed by atoms with Gasteiger partial charge in [0.2, 0.25) is 5.91 Å². The number of halogens is 1. The van der Waals surface area contributed by atoms with E-state index >= 15 is 0 Å². The van der Waals surface area contributed by atoms with Crippen molar-refractivity contribution in [2.24, 2.45) is 0 Å². The SMILES string of the molecule is CC(=O)CC(C)NCCNC(=O)C(CCN1CCCCC1)c1ccccc1Cl. The zero-order valence-electron chi connectivity index (χ0n) is 17.2. The molecule has 156 valence electrons. The number of piperidine rings is 1. The minimum atomic E-state index is -0.245. The maximum Gasteiger partial charge on any atom is 0.227 e. The summed E-state index contributed by atoms with van der Waals surface area (Å²) in [4.78, 5) is 26.5. The number of benzene rings is 1. The average Bonchev–Trinajstić information content (AvgIpc) is 2.67. The number of likely N-dealkylation sites (tertiary alicyclic amines) is 1. The third-order valence-electron chi connectivity index (χ3n) is 5.29. The second kappa shape index (κ2) is 12.2. The molecule has 2 rings (SSSR count). The summed E-state index contributed by atoms with van der Waals surface area (Å²) in [6, 6.07) is 7.76. The lowest BCUT2D eigenvalue weighted by molar-refractivity contribution is -0.123. The average molecular weight is 408 g/mol. The van der Waals surface area contributed by atoms with Crippen LogP contribution in [0.1, 0.15) is 57.4 Å². The van der Waals surface area contributed by atoms with Gasteiger partial charge in [-0.2, -0.15) is 0 Å². The molecule has 1 aliphatic rings. The van der Waals surface area contributed by atoms with Gasteiger partial charge in [-0.3, -0.25) is 9.59 Å². The highest BCUT2D eigenvalue weighted by Crippen LogP contribution is 2.28. The first-order chi connectivity index (χ1) is 13.5. The van der Waals surface area contributed by atoms with E-state index in [9.17, 15) is 9.59 Å². The van der Waals surface area contributed by atoms with Crippen molar-refractivity contribution in [2.75, 3.05) is 32.7 Å². The van der Waals surface area contributed by atoms with Gasteiger partial charge in [0, 0.05) is 30.6 Å². The van der Waals surface area contributed by atoms with Crippen LogP contribution in [-0.4, -0.2) is 55.4 Å². The van der Waals surface area contributed by atoms with E-state index in [1.807, 2.05) is 31.2 Å². The Balaban J connectivity index is 1.89. The monoisotopic (exact) mass is 407 g/mol. The Morgan fingerprint density at radius 1 is 1.14 bits per heavy atom. The quantitative estimate of drug-likeness (QED) is 0.552. The van der Waals surface area contributed by atoms with Crippen LogP contribution in [0.25, 0.3) is 0 Å². The molecule has 6 heteroatoms. The van der Waals surface area contributed by atoms with Crippen molar-refractivity contribution < 1.29 is 9.59 Å². The number of ketones is 1. The number of carbonyl (C=O) groups is 2. The topological polar surface area (TPSA) is 61.4 Å². The van der Waals surface area contributed by atoms with E-state index in [1.54, 1.807) is 6.92 Å². The lowest BCUT2D eigenvalue weighted by Gasteiger charge is -2.28. The molecule has 1 saturated heterocycles. The Kier molecular flexibility index (Phi) is 9.96. The van der Waals surface area contributed by atoms with Gasteiger partial charge in [0.15, 0.2) is 0 Å². The van der Waals surface area contributed by atoms with E-state index in [2.05, 4.69) is 15.5 Å². The van der Waals surface area contributed by atoms with Gasteiger partial charge >= 0.3 is 0 Å². The van der Waals surface area contributed by atoms with E-state index in [0.29, 0.717) is 24.5 Å². The lowest BCUT2D eigenvalue weighted by Crippen LogP contribution is -2.39. The molecule has 0 saturated carbocycles. The van der Waals surface area contributed by atoms with E-state index in [1.165, 1.54) is 19.3 Å². The molecule has 28 heavy (non-hydrogen) atoms. The first-order valence-electron chi connectivity index (χ1n) is 10.4. The number of hydrogen-bond donors (Lipinski definition) is 2. The van der Waals surface area contributed by atoms with E-state index < -0.39 is 0 Å². The smallest absolute Gasteiger partial charge is 0.227 e. The van der Waals surface area contributed by atoms with Crippen LogP contribution in [0.2, 0.25) is 5.02 Å². The molecule has 0 aromatic heterocycles. The molecule has 0 bridgehead atoms. The standard InChI is InChI=1S/C22H34ClN3O2/c1-17(16-18(2)27)24-11-12-25-22(28)20(19-8-4-5-9-21(19)23)10-15-26-13-6-3-7-14-26/h4-5,8-9,17,20,24H,3,6-7,10-16H2,1-2H3,(H,25,28). The van der Waals surface area contributed by atoms with Crippen molar-refractivity contribution in [3.8, 4) is 0 Å². The number of carbonyl (C=O) groups excluding carboxylic acids is 2.